The van der Waals surface area contributed by atoms with E-state index in [1.165, 1.54) is 26.4 Å². The summed E-state index contributed by atoms with van der Waals surface area (Å²) in [5.41, 5.74) is 1.28. The molecule has 1 N–H and O–H groups in total. The minimum Gasteiger partial charge on any atom is -0.493 e. The fraction of sp³-hybridized carbons (Fsp3) is 0.263. The zero-order valence-electron chi connectivity index (χ0n) is 14.8. The number of halogens is 1. The average molecular weight is 361 g/mol. The second-order valence-electron chi connectivity index (χ2n) is 5.51. The van der Waals surface area contributed by atoms with Crippen molar-refractivity contribution in [2.45, 2.75) is 13.5 Å². The van der Waals surface area contributed by atoms with Crippen molar-refractivity contribution in [2.24, 2.45) is 0 Å². The second kappa shape index (κ2) is 8.84. The molecule has 0 bridgehead atoms. The fourth-order valence-electron chi connectivity index (χ4n) is 2.18. The van der Waals surface area contributed by atoms with Gasteiger partial charge in [-0.05, 0) is 42.3 Å². The van der Waals surface area contributed by atoms with E-state index >= 15 is 0 Å². The highest BCUT2D eigenvalue weighted by molar-refractivity contribution is 5.91. The molecule has 0 aliphatic rings. The van der Waals surface area contributed by atoms with Crippen molar-refractivity contribution in [3.05, 3.63) is 58.9 Å². The Morgan fingerprint density at radius 3 is 2.42 bits per heavy atom. The molecule has 0 aliphatic carbocycles. The van der Waals surface area contributed by atoms with E-state index in [9.17, 15) is 14.0 Å². The third kappa shape index (κ3) is 4.95. The molecule has 0 aromatic heterocycles. The average Bonchev–Trinajstić information content (AvgIpc) is 2.66. The summed E-state index contributed by atoms with van der Waals surface area (Å²) in [5.74, 6) is -0.600. The molecule has 0 atom stereocenters. The molecule has 0 aliphatic heterocycles. The SMILES string of the molecule is COc1ccc(CNC(=O)COC(=O)c2ccc(C)c(F)c2)cc1OC. The van der Waals surface area contributed by atoms with Gasteiger partial charge in [-0.2, -0.15) is 0 Å². The number of methoxy groups -OCH3 is 2. The summed E-state index contributed by atoms with van der Waals surface area (Å²) in [4.78, 5) is 23.7. The first-order valence-electron chi connectivity index (χ1n) is 7.85. The summed E-state index contributed by atoms with van der Waals surface area (Å²) in [6.07, 6.45) is 0. The number of rotatable bonds is 7. The molecule has 0 heterocycles. The third-order valence-corrected chi connectivity index (χ3v) is 3.68. The number of aryl methyl sites for hydroxylation is 1. The minimum absolute atomic E-state index is 0.0563. The number of ether oxygens (including phenoxy) is 3. The van der Waals surface area contributed by atoms with Gasteiger partial charge in [-0.3, -0.25) is 4.79 Å². The Labute approximate surface area is 150 Å². The lowest BCUT2D eigenvalue weighted by Crippen LogP contribution is -2.28. The minimum atomic E-state index is -0.759. The zero-order chi connectivity index (χ0) is 19.1. The number of hydrogen-bond donors (Lipinski definition) is 1. The van der Waals surface area contributed by atoms with Crippen LogP contribution in [-0.2, 0) is 16.1 Å². The van der Waals surface area contributed by atoms with Crippen molar-refractivity contribution in [3.63, 3.8) is 0 Å². The molecule has 26 heavy (non-hydrogen) atoms. The number of esters is 1. The normalized spacial score (nSPS) is 10.2. The Bertz CT molecular complexity index is 807. The predicted molar refractivity (Wildman–Crippen MR) is 92.8 cm³/mol. The Morgan fingerprint density at radius 1 is 1.04 bits per heavy atom. The van der Waals surface area contributed by atoms with Gasteiger partial charge in [0.2, 0.25) is 0 Å². The lowest BCUT2D eigenvalue weighted by Gasteiger charge is -2.10. The lowest BCUT2D eigenvalue weighted by atomic mass is 10.1. The van der Waals surface area contributed by atoms with Crippen LogP contribution in [0.5, 0.6) is 11.5 Å². The number of benzene rings is 2. The van der Waals surface area contributed by atoms with Gasteiger partial charge < -0.3 is 19.5 Å². The van der Waals surface area contributed by atoms with Crippen LogP contribution in [0.15, 0.2) is 36.4 Å². The third-order valence-electron chi connectivity index (χ3n) is 3.68. The van der Waals surface area contributed by atoms with Crippen molar-refractivity contribution >= 4 is 11.9 Å². The largest absolute Gasteiger partial charge is 0.493 e. The molecule has 1 amide bonds. The monoisotopic (exact) mass is 361 g/mol. The summed E-state index contributed by atoms with van der Waals surface area (Å²) in [6, 6.07) is 9.25. The van der Waals surface area contributed by atoms with Crippen LogP contribution in [0.2, 0.25) is 0 Å². The maximum Gasteiger partial charge on any atom is 0.338 e. The Kier molecular flexibility index (Phi) is 6.54. The molecule has 7 heteroatoms. The molecule has 0 saturated carbocycles. The highest BCUT2D eigenvalue weighted by Crippen LogP contribution is 2.27. The molecule has 0 saturated heterocycles. The van der Waals surface area contributed by atoms with Crippen LogP contribution < -0.4 is 14.8 Å². The molecule has 0 radical (unpaired) electrons. The van der Waals surface area contributed by atoms with Gasteiger partial charge in [-0.15, -0.1) is 0 Å². The van der Waals surface area contributed by atoms with Gasteiger partial charge in [0.25, 0.3) is 5.91 Å². The van der Waals surface area contributed by atoms with Crippen molar-refractivity contribution in [1.29, 1.82) is 0 Å². The fourth-order valence-corrected chi connectivity index (χ4v) is 2.18. The first kappa shape index (κ1) is 19.2. The van der Waals surface area contributed by atoms with E-state index in [1.807, 2.05) is 0 Å². The number of hydrogen-bond acceptors (Lipinski definition) is 5. The molecule has 0 unspecified atom stereocenters. The quantitative estimate of drug-likeness (QED) is 0.768. The lowest BCUT2D eigenvalue weighted by molar-refractivity contribution is -0.124. The van der Waals surface area contributed by atoms with Crippen LogP contribution >= 0.6 is 0 Å². The number of amides is 1. The smallest absolute Gasteiger partial charge is 0.338 e. The van der Waals surface area contributed by atoms with Crippen molar-refractivity contribution < 1.29 is 28.2 Å². The maximum atomic E-state index is 13.5. The van der Waals surface area contributed by atoms with Crippen molar-refractivity contribution in [3.8, 4) is 11.5 Å². The number of carbonyl (C=O) groups excluding carboxylic acids is 2. The van der Waals surface area contributed by atoms with Crippen LogP contribution in [0.4, 0.5) is 4.39 Å². The van der Waals surface area contributed by atoms with E-state index < -0.39 is 24.3 Å². The summed E-state index contributed by atoms with van der Waals surface area (Å²) in [5, 5.41) is 2.63. The molecule has 0 fully saturated rings. The standard InChI is InChI=1S/C19H20FNO5/c1-12-4-6-14(9-15(12)20)19(23)26-11-18(22)21-10-13-5-7-16(24-2)17(8-13)25-3/h4-9H,10-11H2,1-3H3,(H,21,22). The topological polar surface area (TPSA) is 73.9 Å². The Balaban J connectivity index is 1.85. The zero-order valence-corrected chi connectivity index (χ0v) is 14.8. The molecular weight excluding hydrogens is 341 g/mol. The van der Waals surface area contributed by atoms with E-state index in [-0.39, 0.29) is 12.1 Å². The van der Waals surface area contributed by atoms with E-state index in [2.05, 4.69) is 5.32 Å². The number of carbonyl (C=O) groups is 2. The van der Waals surface area contributed by atoms with Crippen molar-refractivity contribution in [2.75, 3.05) is 20.8 Å². The molecule has 2 aromatic carbocycles. The summed E-state index contributed by atoms with van der Waals surface area (Å²) >= 11 is 0. The van der Waals surface area contributed by atoms with Gasteiger partial charge in [-0.25, -0.2) is 9.18 Å². The molecule has 138 valence electrons. The molecule has 6 nitrogen and oxygen atoms in total. The summed E-state index contributed by atoms with van der Waals surface area (Å²) in [6.45, 7) is 1.36. The Morgan fingerprint density at radius 2 is 1.77 bits per heavy atom. The highest BCUT2D eigenvalue weighted by atomic mass is 19.1. The van der Waals surface area contributed by atoms with E-state index in [4.69, 9.17) is 14.2 Å². The van der Waals surface area contributed by atoms with Gasteiger partial charge in [0.1, 0.15) is 5.82 Å². The molecule has 2 aromatic rings. The van der Waals surface area contributed by atoms with Crippen LogP contribution in [0.25, 0.3) is 0 Å². The second-order valence-corrected chi connectivity index (χ2v) is 5.51. The van der Waals surface area contributed by atoms with E-state index in [0.717, 1.165) is 11.6 Å². The summed E-state index contributed by atoms with van der Waals surface area (Å²) < 4.78 is 28.7. The van der Waals surface area contributed by atoms with Gasteiger partial charge >= 0.3 is 5.97 Å². The maximum absolute atomic E-state index is 13.5. The molecule has 2 rings (SSSR count). The first-order valence-corrected chi connectivity index (χ1v) is 7.85. The highest BCUT2D eigenvalue weighted by Gasteiger charge is 2.12. The predicted octanol–water partition coefficient (Wildman–Crippen LogP) is 2.62. The first-order chi connectivity index (χ1) is 12.4. The van der Waals surface area contributed by atoms with Gasteiger partial charge in [0.05, 0.1) is 19.8 Å². The van der Waals surface area contributed by atoms with Crippen LogP contribution in [-0.4, -0.2) is 32.7 Å². The van der Waals surface area contributed by atoms with Gasteiger partial charge in [0.15, 0.2) is 18.1 Å². The van der Waals surface area contributed by atoms with E-state index in [1.54, 1.807) is 25.1 Å². The number of nitrogens with one attached hydrogen (secondary N) is 1. The van der Waals surface area contributed by atoms with Gasteiger partial charge in [0, 0.05) is 6.54 Å². The van der Waals surface area contributed by atoms with Crippen LogP contribution in [0.1, 0.15) is 21.5 Å². The van der Waals surface area contributed by atoms with Crippen molar-refractivity contribution in [1.82, 2.24) is 5.32 Å². The molecular formula is C19H20FNO5. The van der Waals surface area contributed by atoms with E-state index in [0.29, 0.717) is 17.1 Å². The van der Waals surface area contributed by atoms with Gasteiger partial charge in [-0.1, -0.05) is 12.1 Å². The Hall–Kier alpha value is -3.09. The summed E-state index contributed by atoms with van der Waals surface area (Å²) in [7, 11) is 3.06. The molecule has 0 spiro atoms. The van der Waals surface area contributed by atoms with Crippen LogP contribution in [0, 0.1) is 12.7 Å². The van der Waals surface area contributed by atoms with Crippen LogP contribution in [0.3, 0.4) is 0 Å².